The zero-order chi connectivity index (χ0) is 13.4. The largest absolute Gasteiger partial charge is 0.372 e. The van der Waals surface area contributed by atoms with Gasteiger partial charge in [0.15, 0.2) is 0 Å². The molecule has 1 N–H and O–H groups in total. The summed E-state index contributed by atoms with van der Waals surface area (Å²) in [5.41, 5.74) is 2.27. The van der Waals surface area contributed by atoms with Gasteiger partial charge in [-0.3, -0.25) is 4.79 Å². The van der Waals surface area contributed by atoms with Gasteiger partial charge in [-0.15, -0.1) is 0 Å². The van der Waals surface area contributed by atoms with Gasteiger partial charge in [0, 0.05) is 31.1 Å². The van der Waals surface area contributed by atoms with Crippen molar-refractivity contribution in [1.29, 1.82) is 0 Å². The molecule has 1 aromatic heterocycles. The molecule has 3 unspecified atom stereocenters. The predicted molar refractivity (Wildman–Crippen MR) is 70.7 cm³/mol. The Morgan fingerprint density at radius 2 is 2.16 bits per heavy atom. The van der Waals surface area contributed by atoms with Crippen LogP contribution in [0.3, 0.4) is 0 Å². The summed E-state index contributed by atoms with van der Waals surface area (Å²) in [7, 11) is 0. The first-order chi connectivity index (χ1) is 9.13. The molecule has 1 fully saturated rings. The third kappa shape index (κ3) is 2.52. The topological polar surface area (TPSA) is 58.2 Å². The number of hydrogen-bond donors (Lipinski definition) is 1. The standard InChI is InChI=1S/C14H21N3O2/c1-9-6-17(7-10(2)19-9)14(18)11-3-4-12-13(5-11)16-8-15-12/h8-11H,3-7H2,1-2H3,(H,15,16). The quantitative estimate of drug-likeness (QED) is 0.827. The van der Waals surface area contributed by atoms with Crippen LogP contribution in [0.5, 0.6) is 0 Å². The summed E-state index contributed by atoms with van der Waals surface area (Å²) < 4.78 is 5.69. The summed E-state index contributed by atoms with van der Waals surface area (Å²) >= 11 is 0. The van der Waals surface area contributed by atoms with Crippen molar-refractivity contribution >= 4 is 5.91 Å². The molecule has 1 saturated heterocycles. The molecule has 104 valence electrons. The SMILES string of the molecule is CC1CN(C(=O)C2CCc3nc[nH]c3C2)CC(C)O1. The molecule has 5 nitrogen and oxygen atoms in total. The molecule has 3 rings (SSSR count). The monoisotopic (exact) mass is 263 g/mol. The Hall–Kier alpha value is -1.36. The van der Waals surface area contributed by atoms with Crippen molar-refractivity contribution in [1.82, 2.24) is 14.9 Å². The van der Waals surface area contributed by atoms with Crippen LogP contribution in [0.15, 0.2) is 6.33 Å². The minimum atomic E-state index is 0.102. The highest BCUT2D eigenvalue weighted by Gasteiger charge is 2.33. The van der Waals surface area contributed by atoms with Crippen LogP contribution in [0.2, 0.25) is 0 Å². The van der Waals surface area contributed by atoms with Crippen LogP contribution in [0.1, 0.15) is 31.7 Å². The van der Waals surface area contributed by atoms with E-state index in [1.54, 1.807) is 6.33 Å². The summed E-state index contributed by atoms with van der Waals surface area (Å²) in [5, 5.41) is 0. The van der Waals surface area contributed by atoms with E-state index in [-0.39, 0.29) is 24.0 Å². The van der Waals surface area contributed by atoms with E-state index in [0.29, 0.717) is 0 Å². The molecule has 0 saturated carbocycles. The van der Waals surface area contributed by atoms with Gasteiger partial charge in [0.25, 0.3) is 0 Å². The fourth-order valence-corrected chi connectivity index (χ4v) is 3.23. The van der Waals surface area contributed by atoms with Crippen molar-refractivity contribution in [2.75, 3.05) is 13.1 Å². The number of fused-ring (bicyclic) bond motifs is 1. The first-order valence-corrected chi connectivity index (χ1v) is 7.09. The Morgan fingerprint density at radius 1 is 1.42 bits per heavy atom. The lowest BCUT2D eigenvalue weighted by Gasteiger charge is -2.37. The maximum atomic E-state index is 12.6. The number of morpholine rings is 1. The van der Waals surface area contributed by atoms with Gasteiger partial charge in [0.05, 0.1) is 24.2 Å². The normalized spacial score (nSPS) is 31.1. The van der Waals surface area contributed by atoms with Gasteiger partial charge in [-0.05, 0) is 26.7 Å². The third-order valence-corrected chi connectivity index (χ3v) is 4.07. The van der Waals surface area contributed by atoms with E-state index >= 15 is 0 Å². The maximum Gasteiger partial charge on any atom is 0.226 e. The number of carbonyl (C=O) groups is 1. The van der Waals surface area contributed by atoms with Crippen LogP contribution < -0.4 is 0 Å². The molecule has 2 heterocycles. The molecule has 3 atom stereocenters. The third-order valence-electron chi connectivity index (χ3n) is 4.07. The summed E-state index contributed by atoms with van der Waals surface area (Å²) in [6, 6.07) is 0. The number of carbonyl (C=O) groups excluding carboxylic acids is 1. The van der Waals surface area contributed by atoms with E-state index in [1.807, 2.05) is 18.7 Å². The van der Waals surface area contributed by atoms with Gasteiger partial charge < -0.3 is 14.6 Å². The Kier molecular flexibility index (Phi) is 3.31. The van der Waals surface area contributed by atoms with Crippen LogP contribution in [-0.2, 0) is 22.4 Å². The second kappa shape index (κ2) is 4.96. The molecule has 19 heavy (non-hydrogen) atoms. The number of aryl methyl sites for hydroxylation is 1. The first kappa shape index (κ1) is 12.7. The summed E-state index contributed by atoms with van der Waals surface area (Å²) in [6.07, 6.45) is 4.63. The van der Waals surface area contributed by atoms with Crippen molar-refractivity contribution in [3.05, 3.63) is 17.7 Å². The molecule has 1 amide bonds. The number of nitrogens with one attached hydrogen (secondary N) is 1. The highest BCUT2D eigenvalue weighted by molar-refractivity contribution is 5.79. The van der Waals surface area contributed by atoms with Gasteiger partial charge in [0.2, 0.25) is 5.91 Å². The van der Waals surface area contributed by atoms with Crippen LogP contribution in [-0.4, -0.2) is 46.1 Å². The number of nitrogens with zero attached hydrogens (tertiary/aromatic N) is 2. The van der Waals surface area contributed by atoms with Gasteiger partial charge in [-0.1, -0.05) is 0 Å². The van der Waals surface area contributed by atoms with E-state index in [9.17, 15) is 4.79 Å². The van der Waals surface area contributed by atoms with E-state index in [1.165, 1.54) is 0 Å². The average Bonchev–Trinajstić information content (AvgIpc) is 2.83. The number of aromatic amines is 1. The van der Waals surface area contributed by atoms with Crippen LogP contribution in [0, 0.1) is 5.92 Å². The van der Waals surface area contributed by atoms with Gasteiger partial charge in [0.1, 0.15) is 0 Å². The molecule has 5 heteroatoms. The number of hydrogen-bond acceptors (Lipinski definition) is 3. The fraction of sp³-hybridized carbons (Fsp3) is 0.714. The second-order valence-electron chi connectivity index (χ2n) is 5.77. The van der Waals surface area contributed by atoms with Crippen molar-refractivity contribution in [2.24, 2.45) is 5.92 Å². The number of ether oxygens (including phenoxy) is 1. The lowest BCUT2D eigenvalue weighted by molar-refractivity contribution is -0.147. The molecular weight excluding hydrogens is 242 g/mol. The number of amides is 1. The predicted octanol–water partition coefficient (Wildman–Crippen LogP) is 1.15. The number of rotatable bonds is 1. The maximum absolute atomic E-state index is 12.6. The molecular formula is C14H21N3O2. The molecule has 1 aliphatic heterocycles. The molecule has 1 aromatic rings. The molecule has 2 aliphatic rings. The van der Waals surface area contributed by atoms with Crippen molar-refractivity contribution in [2.45, 2.75) is 45.3 Å². The highest BCUT2D eigenvalue weighted by Crippen LogP contribution is 2.25. The Labute approximate surface area is 113 Å². The van der Waals surface area contributed by atoms with Crippen molar-refractivity contribution < 1.29 is 9.53 Å². The van der Waals surface area contributed by atoms with Gasteiger partial charge in [-0.25, -0.2) is 4.98 Å². The van der Waals surface area contributed by atoms with Gasteiger partial charge >= 0.3 is 0 Å². The number of aromatic nitrogens is 2. The van der Waals surface area contributed by atoms with Gasteiger partial charge in [-0.2, -0.15) is 0 Å². The Morgan fingerprint density at radius 3 is 2.89 bits per heavy atom. The summed E-state index contributed by atoms with van der Waals surface area (Å²) in [4.78, 5) is 22.0. The molecule has 1 aliphatic carbocycles. The van der Waals surface area contributed by atoms with Crippen LogP contribution >= 0.6 is 0 Å². The summed E-state index contributed by atoms with van der Waals surface area (Å²) in [6.45, 7) is 5.50. The average molecular weight is 263 g/mol. The van der Waals surface area contributed by atoms with Crippen LogP contribution in [0.4, 0.5) is 0 Å². The molecule has 0 aromatic carbocycles. The smallest absolute Gasteiger partial charge is 0.226 e. The lowest BCUT2D eigenvalue weighted by Crippen LogP contribution is -2.50. The molecule has 0 spiro atoms. The minimum Gasteiger partial charge on any atom is -0.372 e. The number of H-pyrrole nitrogens is 1. The Balaban J connectivity index is 1.68. The van der Waals surface area contributed by atoms with E-state index < -0.39 is 0 Å². The number of imidazole rings is 1. The molecule has 0 bridgehead atoms. The van der Waals surface area contributed by atoms with E-state index in [4.69, 9.17) is 4.74 Å². The first-order valence-electron chi connectivity index (χ1n) is 7.09. The van der Waals surface area contributed by atoms with E-state index in [0.717, 1.165) is 43.7 Å². The second-order valence-corrected chi connectivity index (χ2v) is 5.77. The van der Waals surface area contributed by atoms with E-state index in [2.05, 4.69) is 9.97 Å². The zero-order valence-corrected chi connectivity index (χ0v) is 11.6. The highest BCUT2D eigenvalue weighted by atomic mass is 16.5. The zero-order valence-electron chi connectivity index (χ0n) is 11.6. The minimum absolute atomic E-state index is 0.102. The molecule has 0 radical (unpaired) electrons. The fourth-order valence-electron chi connectivity index (χ4n) is 3.23. The Bertz CT molecular complexity index is 461. The van der Waals surface area contributed by atoms with Crippen molar-refractivity contribution in [3.63, 3.8) is 0 Å². The summed E-state index contributed by atoms with van der Waals surface area (Å²) in [5.74, 6) is 0.382. The lowest BCUT2D eigenvalue weighted by atomic mass is 9.88. The van der Waals surface area contributed by atoms with Crippen molar-refractivity contribution in [3.8, 4) is 0 Å². The van der Waals surface area contributed by atoms with Crippen LogP contribution in [0.25, 0.3) is 0 Å².